The van der Waals surface area contributed by atoms with Crippen LogP contribution in [0.4, 0.5) is 0 Å². The van der Waals surface area contributed by atoms with Gasteiger partial charge in [-0.05, 0) is 35.4 Å². The van der Waals surface area contributed by atoms with Crippen LogP contribution in [0.15, 0.2) is 72.8 Å². The normalized spacial score (nSPS) is 12.0. The van der Waals surface area contributed by atoms with Gasteiger partial charge in [0.15, 0.2) is 0 Å². The fourth-order valence-electron chi connectivity index (χ4n) is 2.55. The lowest BCUT2D eigenvalue weighted by atomic mass is 10.1. The summed E-state index contributed by atoms with van der Waals surface area (Å²) in [6, 6.07) is 23.7. The van der Waals surface area contributed by atoms with Gasteiger partial charge in [0.05, 0.1) is 5.56 Å². The number of hydrogen-bond donors (Lipinski definition) is 0. The van der Waals surface area contributed by atoms with Crippen molar-refractivity contribution in [3.63, 3.8) is 0 Å². The largest absolute Gasteiger partial charge is 0.459 e. The van der Waals surface area contributed by atoms with E-state index in [9.17, 15) is 4.79 Å². The molecule has 2 nitrogen and oxygen atoms in total. The van der Waals surface area contributed by atoms with Gasteiger partial charge in [-0.15, -0.1) is 0 Å². The first-order chi connectivity index (χ1) is 10.7. The van der Waals surface area contributed by atoms with Crippen LogP contribution in [0.25, 0.3) is 10.8 Å². The minimum absolute atomic E-state index is 0.152. The molecule has 0 unspecified atom stereocenters. The lowest BCUT2D eigenvalue weighted by Gasteiger charge is -2.13. The summed E-state index contributed by atoms with van der Waals surface area (Å²) in [4.78, 5) is 12.3. The van der Waals surface area contributed by atoms with Crippen LogP contribution in [0.3, 0.4) is 0 Å². The zero-order chi connectivity index (χ0) is 15.4. The van der Waals surface area contributed by atoms with Crippen molar-refractivity contribution in [2.24, 2.45) is 0 Å². The number of esters is 1. The molecule has 3 rings (SSSR count). The van der Waals surface area contributed by atoms with Crippen molar-refractivity contribution in [2.45, 2.75) is 19.4 Å². The first kappa shape index (κ1) is 14.3. The molecule has 1 atom stereocenters. The third kappa shape index (κ3) is 3.34. The van der Waals surface area contributed by atoms with Crippen LogP contribution in [0.1, 0.15) is 22.8 Å². The second kappa shape index (κ2) is 6.44. The fraction of sp³-hybridized carbons (Fsp3) is 0.150. The van der Waals surface area contributed by atoms with Gasteiger partial charge in [-0.3, -0.25) is 0 Å². The standard InChI is InChI=1S/C20H18O2/c1-15(13-16-7-3-2-4-8-16)22-20(21)19-12-11-17-9-5-6-10-18(17)14-19/h2-12,14-15H,13H2,1H3/t15-/m0/s1. The molecule has 0 bridgehead atoms. The number of fused-ring (bicyclic) bond motifs is 1. The Labute approximate surface area is 130 Å². The van der Waals surface area contributed by atoms with Crippen LogP contribution in [-0.2, 0) is 11.2 Å². The van der Waals surface area contributed by atoms with E-state index in [1.165, 1.54) is 5.56 Å². The van der Waals surface area contributed by atoms with E-state index >= 15 is 0 Å². The molecule has 0 radical (unpaired) electrons. The highest BCUT2D eigenvalue weighted by Crippen LogP contribution is 2.17. The van der Waals surface area contributed by atoms with Crippen LogP contribution in [0.5, 0.6) is 0 Å². The molecule has 0 saturated carbocycles. The maximum absolute atomic E-state index is 12.3. The zero-order valence-corrected chi connectivity index (χ0v) is 12.5. The monoisotopic (exact) mass is 290 g/mol. The molecule has 110 valence electrons. The Morgan fingerprint density at radius 3 is 2.36 bits per heavy atom. The molecule has 3 aromatic carbocycles. The topological polar surface area (TPSA) is 26.3 Å². The first-order valence-electron chi connectivity index (χ1n) is 7.46. The number of benzene rings is 3. The molecule has 0 heterocycles. The smallest absolute Gasteiger partial charge is 0.338 e. The highest BCUT2D eigenvalue weighted by Gasteiger charge is 2.13. The van der Waals surface area contributed by atoms with Crippen molar-refractivity contribution < 1.29 is 9.53 Å². The molecule has 0 fully saturated rings. The van der Waals surface area contributed by atoms with E-state index in [0.717, 1.165) is 17.2 Å². The third-order valence-corrected chi connectivity index (χ3v) is 3.66. The molecule has 0 aromatic heterocycles. The number of carbonyl (C=O) groups excluding carboxylic acids is 1. The Morgan fingerprint density at radius 1 is 0.909 bits per heavy atom. The van der Waals surface area contributed by atoms with Gasteiger partial charge in [-0.1, -0.05) is 60.7 Å². The number of rotatable bonds is 4. The van der Waals surface area contributed by atoms with Crippen LogP contribution in [-0.4, -0.2) is 12.1 Å². The molecule has 0 N–H and O–H groups in total. The lowest BCUT2D eigenvalue weighted by Crippen LogP contribution is -2.17. The maximum Gasteiger partial charge on any atom is 0.338 e. The molecule has 3 aromatic rings. The number of ether oxygens (including phenoxy) is 1. The van der Waals surface area contributed by atoms with Crippen molar-refractivity contribution in [1.29, 1.82) is 0 Å². The zero-order valence-electron chi connectivity index (χ0n) is 12.5. The Bertz CT molecular complexity index is 778. The van der Waals surface area contributed by atoms with Gasteiger partial charge >= 0.3 is 5.97 Å². The highest BCUT2D eigenvalue weighted by molar-refractivity contribution is 5.95. The van der Waals surface area contributed by atoms with Gasteiger partial charge in [0.25, 0.3) is 0 Å². The van der Waals surface area contributed by atoms with E-state index < -0.39 is 0 Å². The van der Waals surface area contributed by atoms with Crippen molar-refractivity contribution in [3.8, 4) is 0 Å². The second-order valence-electron chi connectivity index (χ2n) is 5.47. The Hall–Kier alpha value is -2.61. The number of carbonyl (C=O) groups is 1. The molecule has 0 aliphatic rings. The summed E-state index contributed by atoms with van der Waals surface area (Å²) >= 11 is 0. The molecule has 0 spiro atoms. The molecular weight excluding hydrogens is 272 g/mol. The van der Waals surface area contributed by atoms with Gasteiger partial charge in [0.1, 0.15) is 6.10 Å². The quantitative estimate of drug-likeness (QED) is 0.655. The van der Waals surface area contributed by atoms with Gasteiger partial charge in [-0.25, -0.2) is 4.79 Å². The third-order valence-electron chi connectivity index (χ3n) is 3.66. The first-order valence-corrected chi connectivity index (χ1v) is 7.46. The highest BCUT2D eigenvalue weighted by atomic mass is 16.5. The lowest BCUT2D eigenvalue weighted by molar-refractivity contribution is 0.0343. The summed E-state index contributed by atoms with van der Waals surface area (Å²) in [5.74, 6) is -0.269. The molecule has 22 heavy (non-hydrogen) atoms. The number of hydrogen-bond acceptors (Lipinski definition) is 2. The summed E-state index contributed by atoms with van der Waals surface area (Å²) < 4.78 is 5.55. The summed E-state index contributed by atoms with van der Waals surface area (Å²) in [7, 11) is 0. The van der Waals surface area contributed by atoms with E-state index in [1.54, 1.807) is 0 Å². The van der Waals surface area contributed by atoms with Crippen LogP contribution >= 0.6 is 0 Å². The predicted octanol–water partition coefficient (Wildman–Crippen LogP) is 4.63. The Balaban J connectivity index is 1.70. The van der Waals surface area contributed by atoms with Crippen LogP contribution in [0.2, 0.25) is 0 Å². The fourth-order valence-corrected chi connectivity index (χ4v) is 2.55. The van der Waals surface area contributed by atoms with E-state index in [1.807, 2.05) is 79.7 Å². The van der Waals surface area contributed by atoms with E-state index in [-0.39, 0.29) is 12.1 Å². The molecule has 0 amide bonds. The van der Waals surface area contributed by atoms with Gasteiger partial charge in [-0.2, -0.15) is 0 Å². The Kier molecular flexibility index (Phi) is 4.19. The van der Waals surface area contributed by atoms with Crippen molar-refractivity contribution in [2.75, 3.05) is 0 Å². The van der Waals surface area contributed by atoms with Gasteiger partial charge in [0, 0.05) is 6.42 Å². The van der Waals surface area contributed by atoms with Crippen LogP contribution < -0.4 is 0 Å². The molecule has 0 aliphatic carbocycles. The van der Waals surface area contributed by atoms with Crippen LogP contribution in [0, 0.1) is 0 Å². The van der Waals surface area contributed by atoms with Gasteiger partial charge < -0.3 is 4.74 Å². The molecular formula is C20H18O2. The summed E-state index contributed by atoms with van der Waals surface area (Å²) in [6.45, 7) is 1.92. The Morgan fingerprint density at radius 2 is 1.59 bits per heavy atom. The van der Waals surface area contributed by atoms with Crippen molar-refractivity contribution in [1.82, 2.24) is 0 Å². The summed E-state index contributed by atoms with van der Waals surface area (Å²) in [6.07, 6.45) is 0.571. The average molecular weight is 290 g/mol. The summed E-state index contributed by atoms with van der Waals surface area (Å²) in [5, 5.41) is 2.17. The summed E-state index contributed by atoms with van der Waals surface area (Å²) in [5.41, 5.74) is 1.76. The van der Waals surface area contributed by atoms with Crippen molar-refractivity contribution in [3.05, 3.63) is 83.9 Å². The van der Waals surface area contributed by atoms with Crippen molar-refractivity contribution >= 4 is 16.7 Å². The molecule has 0 aliphatic heterocycles. The molecule has 0 saturated heterocycles. The van der Waals surface area contributed by atoms with Gasteiger partial charge in [0.2, 0.25) is 0 Å². The average Bonchev–Trinajstić information content (AvgIpc) is 2.55. The molecule has 2 heteroatoms. The predicted molar refractivity (Wildman–Crippen MR) is 89.0 cm³/mol. The van der Waals surface area contributed by atoms with E-state index in [4.69, 9.17) is 4.74 Å². The SMILES string of the molecule is C[C@@H](Cc1ccccc1)OC(=O)c1ccc2ccccc2c1. The minimum atomic E-state index is -0.269. The van der Waals surface area contributed by atoms with E-state index in [0.29, 0.717) is 5.56 Å². The second-order valence-corrected chi connectivity index (χ2v) is 5.47. The van der Waals surface area contributed by atoms with E-state index in [2.05, 4.69) is 0 Å². The minimum Gasteiger partial charge on any atom is -0.459 e. The maximum atomic E-state index is 12.3.